The third-order valence-corrected chi connectivity index (χ3v) is 7.20. The lowest BCUT2D eigenvalue weighted by molar-refractivity contribution is -0.125. The molecular formula is C20H36N4O. The first kappa shape index (κ1) is 17.6. The summed E-state index contributed by atoms with van der Waals surface area (Å²) >= 11 is 0. The summed E-state index contributed by atoms with van der Waals surface area (Å²) < 4.78 is 6.05. The Balaban J connectivity index is 1.33. The maximum atomic E-state index is 6.05. The van der Waals surface area contributed by atoms with E-state index in [9.17, 15) is 0 Å². The largest absolute Gasteiger partial charge is 0.378 e. The van der Waals surface area contributed by atoms with Gasteiger partial charge in [0.15, 0.2) is 5.96 Å². The predicted molar refractivity (Wildman–Crippen MR) is 102 cm³/mol. The van der Waals surface area contributed by atoms with Crippen molar-refractivity contribution in [2.75, 3.05) is 20.2 Å². The minimum Gasteiger partial charge on any atom is -0.378 e. The number of guanidine groups is 1. The van der Waals surface area contributed by atoms with E-state index >= 15 is 0 Å². The van der Waals surface area contributed by atoms with Crippen LogP contribution in [0.4, 0.5) is 0 Å². The monoisotopic (exact) mass is 348 g/mol. The lowest BCUT2D eigenvalue weighted by Gasteiger charge is -2.54. The third-order valence-electron chi connectivity index (χ3n) is 7.20. The Morgan fingerprint density at radius 3 is 2.60 bits per heavy atom. The topological polar surface area (TPSA) is 48.9 Å². The van der Waals surface area contributed by atoms with Gasteiger partial charge in [0.05, 0.1) is 6.10 Å². The number of rotatable bonds is 5. The number of aliphatic imine (C=N–C) groups is 1. The second kappa shape index (κ2) is 7.07. The fraction of sp³-hybridized carbons (Fsp3) is 0.950. The Hall–Kier alpha value is -0.810. The van der Waals surface area contributed by atoms with Crippen LogP contribution in [0.1, 0.15) is 65.2 Å². The third kappa shape index (κ3) is 3.30. The maximum Gasteiger partial charge on any atom is 0.191 e. The summed E-state index contributed by atoms with van der Waals surface area (Å²) in [6.07, 6.45) is 10.9. The zero-order chi connectivity index (χ0) is 17.4. The van der Waals surface area contributed by atoms with Crippen LogP contribution in [0, 0.1) is 5.41 Å². The van der Waals surface area contributed by atoms with Crippen LogP contribution in [0.15, 0.2) is 4.99 Å². The van der Waals surface area contributed by atoms with Gasteiger partial charge in [0, 0.05) is 49.8 Å². The summed E-state index contributed by atoms with van der Waals surface area (Å²) in [4.78, 5) is 7.24. The molecule has 4 unspecified atom stereocenters. The Morgan fingerprint density at radius 1 is 1.20 bits per heavy atom. The molecule has 2 N–H and O–H groups in total. The number of hydrogen-bond donors (Lipinski definition) is 2. The fourth-order valence-electron chi connectivity index (χ4n) is 5.69. The molecule has 0 aromatic heterocycles. The molecule has 25 heavy (non-hydrogen) atoms. The van der Waals surface area contributed by atoms with Gasteiger partial charge in [0.2, 0.25) is 0 Å². The molecule has 3 saturated carbocycles. The van der Waals surface area contributed by atoms with Crippen molar-refractivity contribution >= 4 is 5.96 Å². The number of hydrogen-bond acceptors (Lipinski definition) is 3. The number of likely N-dealkylation sites (tertiary alicyclic amines) is 1. The molecule has 1 spiro atoms. The van der Waals surface area contributed by atoms with Crippen LogP contribution in [-0.4, -0.2) is 61.3 Å². The summed E-state index contributed by atoms with van der Waals surface area (Å²) in [6, 6.07) is 2.62. The highest BCUT2D eigenvalue weighted by atomic mass is 16.5. The van der Waals surface area contributed by atoms with E-state index < -0.39 is 0 Å². The van der Waals surface area contributed by atoms with Crippen molar-refractivity contribution in [3.63, 3.8) is 0 Å². The quantitative estimate of drug-likeness (QED) is 0.592. The summed E-state index contributed by atoms with van der Waals surface area (Å²) in [5, 5.41) is 7.48. The molecule has 4 rings (SSSR count). The highest BCUT2D eigenvalue weighted by Crippen LogP contribution is 2.54. The van der Waals surface area contributed by atoms with Crippen LogP contribution in [-0.2, 0) is 4.74 Å². The second-order valence-electron chi connectivity index (χ2n) is 8.74. The molecule has 0 aromatic rings. The minimum absolute atomic E-state index is 0.358. The molecule has 1 heterocycles. The van der Waals surface area contributed by atoms with E-state index in [2.05, 4.69) is 34.4 Å². The first-order valence-electron chi connectivity index (χ1n) is 10.5. The number of nitrogens with zero attached hydrogens (tertiary/aromatic N) is 2. The zero-order valence-electron chi connectivity index (χ0n) is 16.3. The van der Waals surface area contributed by atoms with E-state index in [1.807, 2.05) is 7.05 Å². The van der Waals surface area contributed by atoms with Crippen LogP contribution in [0.5, 0.6) is 0 Å². The van der Waals surface area contributed by atoms with E-state index in [0.29, 0.717) is 29.6 Å². The molecule has 4 fully saturated rings. The molecule has 142 valence electrons. The van der Waals surface area contributed by atoms with Crippen LogP contribution < -0.4 is 10.6 Å². The molecule has 1 aliphatic heterocycles. The van der Waals surface area contributed by atoms with Gasteiger partial charge in [0.25, 0.3) is 0 Å². The Morgan fingerprint density at radius 2 is 1.96 bits per heavy atom. The van der Waals surface area contributed by atoms with Gasteiger partial charge in [-0.3, -0.25) is 9.89 Å². The standard InChI is InChI=1S/C20H36N4O/c1-4-25-18-12-17(20(18)9-5-6-10-20)23-19(21-3)22-15-11-14(2)24(13-15)16-7-8-16/h14-18H,4-13H2,1-3H3,(H2,21,22,23). The molecule has 0 amide bonds. The van der Waals surface area contributed by atoms with Gasteiger partial charge in [0.1, 0.15) is 0 Å². The average Bonchev–Trinajstić information content (AvgIpc) is 3.17. The van der Waals surface area contributed by atoms with E-state index in [-0.39, 0.29) is 0 Å². The highest BCUT2D eigenvalue weighted by molar-refractivity contribution is 5.80. The van der Waals surface area contributed by atoms with Crippen molar-refractivity contribution in [3.05, 3.63) is 0 Å². The van der Waals surface area contributed by atoms with Crippen LogP contribution in [0.2, 0.25) is 0 Å². The Bertz CT molecular complexity index is 498. The molecule has 4 aliphatic rings. The minimum atomic E-state index is 0.358. The van der Waals surface area contributed by atoms with Gasteiger partial charge in [-0.1, -0.05) is 12.8 Å². The lowest BCUT2D eigenvalue weighted by atomic mass is 9.60. The molecule has 0 bridgehead atoms. The van der Waals surface area contributed by atoms with Gasteiger partial charge in [-0.25, -0.2) is 0 Å². The molecule has 5 nitrogen and oxygen atoms in total. The number of ether oxygens (including phenoxy) is 1. The molecule has 1 saturated heterocycles. The van der Waals surface area contributed by atoms with E-state index in [0.717, 1.165) is 25.0 Å². The van der Waals surface area contributed by atoms with Crippen LogP contribution in [0.25, 0.3) is 0 Å². The molecule has 4 atom stereocenters. The van der Waals surface area contributed by atoms with Crippen molar-refractivity contribution in [1.29, 1.82) is 0 Å². The molecule has 5 heteroatoms. The summed E-state index contributed by atoms with van der Waals surface area (Å²) in [5.74, 6) is 1.00. The Labute approximate surface area is 153 Å². The van der Waals surface area contributed by atoms with Gasteiger partial charge in [-0.15, -0.1) is 0 Å². The van der Waals surface area contributed by atoms with Gasteiger partial charge < -0.3 is 15.4 Å². The van der Waals surface area contributed by atoms with E-state index in [1.54, 1.807) is 0 Å². The fourth-order valence-corrected chi connectivity index (χ4v) is 5.69. The van der Waals surface area contributed by atoms with E-state index in [1.165, 1.54) is 51.5 Å². The molecule has 0 aromatic carbocycles. The average molecular weight is 349 g/mol. The summed E-state index contributed by atoms with van der Waals surface area (Å²) in [5.41, 5.74) is 0.358. The van der Waals surface area contributed by atoms with Crippen molar-refractivity contribution in [3.8, 4) is 0 Å². The summed E-state index contributed by atoms with van der Waals surface area (Å²) in [6.45, 7) is 6.51. The van der Waals surface area contributed by atoms with Crippen LogP contribution in [0.3, 0.4) is 0 Å². The predicted octanol–water partition coefficient (Wildman–Crippen LogP) is 2.51. The lowest BCUT2D eigenvalue weighted by Crippen LogP contribution is -2.65. The first-order chi connectivity index (χ1) is 12.2. The van der Waals surface area contributed by atoms with Crippen molar-refractivity contribution in [2.45, 2.75) is 95.5 Å². The van der Waals surface area contributed by atoms with Crippen LogP contribution >= 0.6 is 0 Å². The zero-order valence-corrected chi connectivity index (χ0v) is 16.3. The maximum absolute atomic E-state index is 6.05. The second-order valence-corrected chi connectivity index (χ2v) is 8.74. The molecule has 0 radical (unpaired) electrons. The van der Waals surface area contributed by atoms with E-state index in [4.69, 9.17) is 4.74 Å². The smallest absolute Gasteiger partial charge is 0.191 e. The SMILES string of the molecule is CCOC1CC(NC(=NC)NC2CC(C)N(C3CC3)C2)C12CCCC2. The highest BCUT2D eigenvalue weighted by Gasteiger charge is 2.57. The molecule has 3 aliphatic carbocycles. The number of nitrogens with one attached hydrogen (secondary N) is 2. The van der Waals surface area contributed by atoms with Gasteiger partial charge >= 0.3 is 0 Å². The van der Waals surface area contributed by atoms with Crippen molar-refractivity contribution < 1.29 is 4.74 Å². The Kier molecular flexibility index (Phi) is 4.98. The van der Waals surface area contributed by atoms with Crippen molar-refractivity contribution in [2.24, 2.45) is 10.4 Å². The van der Waals surface area contributed by atoms with Gasteiger partial charge in [-0.05, 0) is 52.4 Å². The normalized spacial score (nSPS) is 38.1. The van der Waals surface area contributed by atoms with Gasteiger partial charge in [-0.2, -0.15) is 0 Å². The van der Waals surface area contributed by atoms with Crippen molar-refractivity contribution in [1.82, 2.24) is 15.5 Å². The first-order valence-corrected chi connectivity index (χ1v) is 10.5. The molecular weight excluding hydrogens is 312 g/mol. The summed E-state index contributed by atoms with van der Waals surface area (Å²) in [7, 11) is 1.91.